The van der Waals surface area contributed by atoms with Crippen molar-refractivity contribution >= 4 is 10.8 Å². The van der Waals surface area contributed by atoms with E-state index in [-0.39, 0.29) is 0 Å². The predicted octanol–water partition coefficient (Wildman–Crippen LogP) is 1.85. The second-order valence-corrected chi connectivity index (χ2v) is 6.99. The lowest BCUT2D eigenvalue weighted by atomic mass is 10.1. The molecule has 0 radical (unpaired) electrons. The van der Waals surface area contributed by atoms with Crippen LogP contribution in [0.4, 0.5) is 0 Å². The summed E-state index contributed by atoms with van der Waals surface area (Å²) in [6, 6.07) is 6.53. The molecule has 5 heteroatoms. The molecule has 0 atom stereocenters. The van der Waals surface area contributed by atoms with Crippen molar-refractivity contribution in [1.82, 2.24) is 5.32 Å². The second-order valence-electron chi connectivity index (χ2n) is 5.30. The molecule has 0 spiro atoms. The number of rotatable bonds is 3. The standard InChI is InChI=1S/C15H21NO3S/c17-20-9-5-13(6-10-20)16-11-12-3-1-4-14-15(12)19-8-2-7-18-14/h1,3-4,13,16H,2,5-11H2. The molecule has 2 aliphatic heterocycles. The molecule has 2 heterocycles. The van der Waals surface area contributed by atoms with Crippen molar-refractivity contribution in [3.63, 3.8) is 0 Å². The maximum Gasteiger partial charge on any atom is 0.165 e. The first-order valence-electron chi connectivity index (χ1n) is 7.29. The highest BCUT2D eigenvalue weighted by molar-refractivity contribution is 7.85. The molecule has 0 amide bonds. The van der Waals surface area contributed by atoms with Gasteiger partial charge in [0.25, 0.3) is 0 Å². The lowest BCUT2D eigenvalue weighted by Crippen LogP contribution is -2.35. The van der Waals surface area contributed by atoms with Crippen LogP contribution in [0.25, 0.3) is 0 Å². The van der Waals surface area contributed by atoms with Crippen LogP contribution in [0, 0.1) is 0 Å². The fourth-order valence-electron chi connectivity index (χ4n) is 2.65. The number of fused-ring (bicyclic) bond motifs is 1. The highest BCUT2D eigenvalue weighted by Gasteiger charge is 2.19. The zero-order valence-electron chi connectivity index (χ0n) is 11.6. The Balaban J connectivity index is 1.64. The van der Waals surface area contributed by atoms with Crippen molar-refractivity contribution in [3.05, 3.63) is 23.8 Å². The van der Waals surface area contributed by atoms with Crippen LogP contribution in [0.15, 0.2) is 18.2 Å². The minimum Gasteiger partial charge on any atom is -0.490 e. The molecule has 1 saturated heterocycles. The van der Waals surface area contributed by atoms with Gasteiger partial charge in [0.15, 0.2) is 11.5 Å². The lowest BCUT2D eigenvalue weighted by molar-refractivity contribution is 0.295. The van der Waals surface area contributed by atoms with E-state index < -0.39 is 10.8 Å². The summed E-state index contributed by atoms with van der Waals surface area (Å²) < 4.78 is 22.9. The molecule has 0 unspecified atom stereocenters. The predicted molar refractivity (Wildman–Crippen MR) is 79.8 cm³/mol. The van der Waals surface area contributed by atoms with Crippen LogP contribution in [-0.2, 0) is 17.3 Å². The summed E-state index contributed by atoms with van der Waals surface area (Å²) in [7, 11) is -0.598. The number of ether oxygens (including phenoxy) is 2. The van der Waals surface area contributed by atoms with Crippen LogP contribution in [-0.4, -0.2) is 35.0 Å². The largest absolute Gasteiger partial charge is 0.490 e. The summed E-state index contributed by atoms with van der Waals surface area (Å²) in [5, 5.41) is 3.56. The van der Waals surface area contributed by atoms with Gasteiger partial charge >= 0.3 is 0 Å². The summed E-state index contributed by atoms with van der Waals surface area (Å²) in [6.07, 6.45) is 2.92. The van der Waals surface area contributed by atoms with Gasteiger partial charge < -0.3 is 14.8 Å². The van der Waals surface area contributed by atoms with E-state index in [1.165, 1.54) is 0 Å². The lowest BCUT2D eigenvalue weighted by Gasteiger charge is -2.23. The third kappa shape index (κ3) is 3.33. The Morgan fingerprint density at radius 3 is 2.85 bits per heavy atom. The molecule has 4 nitrogen and oxygen atoms in total. The Bertz CT molecular complexity index is 482. The Hall–Kier alpha value is -1.07. The smallest absolute Gasteiger partial charge is 0.165 e. The van der Waals surface area contributed by atoms with E-state index in [1.54, 1.807) is 0 Å². The Morgan fingerprint density at radius 1 is 1.20 bits per heavy atom. The van der Waals surface area contributed by atoms with Gasteiger partial charge in [0.2, 0.25) is 0 Å². The number of hydrogen-bond acceptors (Lipinski definition) is 4. The minimum absolute atomic E-state index is 0.468. The molecule has 0 aromatic heterocycles. The van der Waals surface area contributed by atoms with E-state index in [9.17, 15) is 4.21 Å². The summed E-state index contributed by atoms with van der Waals surface area (Å²) in [5.41, 5.74) is 1.15. The van der Waals surface area contributed by atoms with Gasteiger partial charge in [-0.25, -0.2) is 0 Å². The van der Waals surface area contributed by atoms with Gasteiger partial charge in [-0.15, -0.1) is 0 Å². The van der Waals surface area contributed by atoms with Crippen molar-refractivity contribution in [2.75, 3.05) is 24.7 Å². The third-order valence-corrected chi connectivity index (χ3v) is 5.20. The third-order valence-electron chi connectivity index (χ3n) is 3.82. The van der Waals surface area contributed by atoms with Gasteiger partial charge in [0.1, 0.15) is 0 Å². The van der Waals surface area contributed by atoms with Crippen LogP contribution in [0.5, 0.6) is 11.5 Å². The average molecular weight is 295 g/mol. The molecule has 0 bridgehead atoms. The Kier molecular flexibility index (Phi) is 4.58. The Morgan fingerprint density at radius 2 is 2.00 bits per heavy atom. The van der Waals surface area contributed by atoms with Gasteiger partial charge in [-0.2, -0.15) is 0 Å². The molecule has 20 heavy (non-hydrogen) atoms. The molecule has 1 aromatic rings. The van der Waals surface area contributed by atoms with Gasteiger partial charge in [0.05, 0.1) is 13.2 Å². The van der Waals surface area contributed by atoms with Crippen molar-refractivity contribution in [2.24, 2.45) is 0 Å². The number of hydrogen-bond donors (Lipinski definition) is 1. The van der Waals surface area contributed by atoms with Gasteiger partial charge in [0, 0.05) is 46.9 Å². The second kappa shape index (κ2) is 6.59. The maximum atomic E-state index is 11.4. The van der Waals surface area contributed by atoms with Crippen LogP contribution in [0.3, 0.4) is 0 Å². The first kappa shape index (κ1) is 13.9. The quantitative estimate of drug-likeness (QED) is 0.924. The van der Waals surface area contributed by atoms with E-state index >= 15 is 0 Å². The molecule has 0 aliphatic carbocycles. The molecule has 0 saturated carbocycles. The maximum absolute atomic E-state index is 11.4. The summed E-state index contributed by atoms with van der Waals surface area (Å²) >= 11 is 0. The zero-order valence-corrected chi connectivity index (χ0v) is 12.4. The topological polar surface area (TPSA) is 47.6 Å². The van der Waals surface area contributed by atoms with Crippen LogP contribution in [0.2, 0.25) is 0 Å². The van der Waals surface area contributed by atoms with Crippen molar-refractivity contribution in [2.45, 2.75) is 31.8 Å². The molecule has 1 fully saturated rings. The summed E-state index contributed by atoms with van der Waals surface area (Å²) in [5.74, 6) is 3.39. The highest BCUT2D eigenvalue weighted by Crippen LogP contribution is 2.33. The SMILES string of the molecule is O=S1CCC(NCc2cccc3c2OCCCO3)CC1. The molecule has 110 valence electrons. The highest BCUT2D eigenvalue weighted by atomic mass is 32.2. The number of benzene rings is 1. The van der Waals surface area contributed by atoms with E-state index in [4.69, 9.17) is 9.47 Å². The van der Waals surface area contributed by atoms with E-state index in [0.29, 0.717) is 12.6 Å². The van der Waals surface area contributed by atoms with Crippen molar-refractivity contribution in [3.8, 4) is 11.5 Å². The summed E-state index contributed by atoms with van der Waals surface area (Å²) in [6.45, 7) is 2.22. The first-order valence-corrected chi connectivity index (χ1v) is 8.77. The van der Waals surface area contributed by atoms with Gasteiger partial charge in [-0.1, -0.05) is 12.1 Å². The van der Waals surface area contributed by atoms with Gasteiger partial charge in [-0.3, -0.25) is 4.21 Å². The monoisotopic (exact) mass is 295 g/mol. The Labute approximate surface area is 122 Å². The van der Waals surface area contributed by atoms with Gasteiger partial charge in [-0.05, 0) is 18.9 Å². The molecule has 3 rings (SSSR count). The van der Waals surface area contributed by atoms with E-state index in [1.807, 2.05) is 12.1 Å². The molecule has 1 aromatic carbocycles. The van der Waals surface area contributed by atoms with Crippen LogP contribution < -0.4 is 14.8 Å². The summed E-state index contributed by atoms with van der Waals surface area (Å²) in [4.78, 5) is 0. The van der Waals surface area contributed by atoms with E-state index in [2.05, 4.69) is 11.4 Å². The number of para-hydroxylation sites is 1. The zero-order chi connectivity index (χ0) is 13.8. The first-order chi connectivity index (χ1) is 9.83. The molecular weight excluding hydrogens is 274 g/mol. The molecule has 2 aliphatic rings. The number of nitrogens with one attached hydrogen (secondary N) is 1. The van der Waals surface area contributed by atoms with Crippen molar-refractivity contribution < 1.29 is 13.7 Å². The van der Waals surface area contributed by atoms with Crippen LogP contribution in [0.1, 0.15) is 24.8 Å². The fraction of sp³-hybridized carbons (Fsp3) is 0.600. The van der Waals surface area contributed by atoms with Crippen LogP contribution >= 0.6 is 0 Å². The molecular formula is C15H21NO3S. The molecule has 1 N–H and O–H groups in total. The minimum atomic E-state index is -0.598. The fourth-order valence-corrected chi connectivity index (χ4v) is 3.94. The van der Waals surface area contributed by atoms with E-state index in [0.717, 1.165) is 61.0 Å². The normalized spacial score (nSPS) is 26.0. The van der Waals surface area contributed by atoms with Crippen molar-refractivity contribution in [1.29, 1.82) is 0 Å². The average Bonchev–Trinajstić information content (AvgIpc) is 2.72.